The lowest BCUT2D eigenvalue weighted by molar-refractivity contribution is -0.145. The Morgan fingerprint density at radius 1 is 0.982 bits per heavy atom. The fraction of sp³-hybridized carbons (Fsp3) is 0.537. The van der Waals surface area contributed by atoms with Crippen molar-refractivity contribution in [3.05, 3.63) is 65.7 Å². The number of carbonyl (C=O) groups is 7. The zero-order chi connectivity index (χ0) is 41.0. The molecule has 56 heavy (non-hydrogen) atoms. The predicted molar refractivity (Wildman–Crippen MR) is 207 cm³/mol. The maximum Gasteiger partial charge on any atom is 0.290 e. The first-order valence-electron chi connectivity index (χ1n) is 19.2. The van der Waals surface area contributed by atoms with Gasteiger partial charge in [-0.25, -0.2) is 0 Å². The molecule has 0 radical (unpaired) electrons. The first-order valence-corrected chi connectivity index (χ1v) is 19.2. The molecule has 0 aliphatic carbocycles. The Labute approximate surface area is 328 Å². The number of hydrogen-bond donors (Lipinski definition) is 4. The zero-order valence-corrected chi connectivity index (χ0v) is 33.2. The largest absolute Gasteiger partial charge is 0.493 e. The molecule has 2 aliphatic rings. The molecule has 4 bridgehead atoms. The van der Waals surface area contributed by atoms with Gasteiger partial charge in [-0.15, -0.1) is 0 Å². The number of unbranched alkanes of at least 4 members (excludes halogenated alkanes) is 1. The third kappa shape index (κ3) is 12.1. The molecule has 2 aliphatic heterocycles. The molecule has 15 nitrogen and oxygen atoms in total. The molecular formula is C41H56N6O9. The van der Waals surface area contributed by atoms with Crippen LogP contribution < -0.4 is 26.0 Å². The van der Waals surface area contributed by atoms with Gasteiger partial charge in [-0.1, -0.05) is 83.0 Å². The van der Waals surface area contributed by atoms with E-state index in [9.17, 15) is 33.6 Å². The summed E-state index contributed by atoms with van der Waals surface area (Å²) in [6, 6.07) is 11.5. The number of rotatable bonds is 12. The summed E-state index contributed by atoms with van der Waals surface area (Å²) >= 11 is 0. The van der Waals surface area contributed by atoms with E-state index in [1.165, 1.54) is 9.80 Å². The number of carbonyl (C=O) groups excluding carboxylic acids is 7. The highest BCUT2D eigenvalue weighted by Crippen LogP contribution is 2.28. The van der Waals surface area contributed by atoms with Gasteiger partial charge >= 0.3 is 0 Å². The number of ether oxygens (including phenoxy) is 2. The van der Waals surface area contributed by atoms with E-state index in [-0.39, 0.29) is 37.6 Å². The van der Waals surface area contributed by atoms with Crippen LogP contribution in [0.3, 0.4) is 0 Å². The van der Waals surface area contributed by atoms with Crippen LogP contribution in [0.1, 0.15) is 77.0 Å². The Morgan fingerprint density at radius 2 is 1.71 bits per heavy atom. The van der Waals surface area contributed by atoms with Crippen LogP contribution in [0.25, 0.3) is 0 Å². The lowest BCUT2D eigenvalue weighted by Gasteiger charge is -2.35. The number of amides is 6. The number of nitrogens with zero attached hydrogens (tertiary/aromatic N) is 2. The molecule has 2 aromatic rings. The van der Waals surface area contributed by atoms with Crippen molar-refractivity contribution in [2.75, 3.05) is 40.4 Å². The van der Waals surface area contributed by atoms with E-state index >= 15 is 0 Å². The van der Waals surface area contributed by atoms with Gasteiger partial charge in [-0.2, -0.15) is 0 Å². The lowest BCUT2D eigenvalue weighted by Crippen LogP contribution is -2.59. The highest BCUT2D eigenvalue weighted by molar-refractivity contribution is 6.38. The Kier molecular flexibility index (Phi) is 15.5. The number of nitrogens with one attached hydrogen (secondary N) is 4. The van der Waals surface area contributed by atoms with Crippen molar-refractivity contribution in [3.63, 3.8) is 0 Å². The molecule has 1 saturated heterocycles. The summed E-state index contributed by atoms with van der Waals surface area (Å²) in [7, 11) is 3.11. The standard InChI is InChI=1S/C41H56N6O9/c1-7-8-18-30(35(50)38(52)42-24-33(49)44-34(39(53)46(5)6)27-15-10-9-11-16-27)43-37(51)31-23-29-25-47(31)40(54)36(41(2,3)4)45-32(48)22-26-14-12-17-28(21-26)55-19-13-20-56-29/h9-12,14-17,21,29-31,34,36H,7-8,13,18-20,22-25H2,1-6H3,(H,42,52)(H,43,51)(H,44,49)(H,45,48)/t29-,30+,31+,34+,36-/m1/s1. The summed E-state index contributed by atoms with van der Waals surface area (Å²) in [5.74, 6) is -3.99. The van der Waals surface area contributed by atoms with E-state index in [0.29, 0.717) is 49.4 Å². The summed E-state index contributed by atoms with van der Waals surface area (Å²) in [5, 5.41) is 10.6. The van der Waals surface area contributed by atoms with Crippen molar-refractivity contribution in [2.45, 2.75) is 96.5 Å². The Hall–Kier alpha value is -5.31. The van der Waals surface area contributed by atoms with Gasteiger partial charge in [-0.05, 0) is 35.1 Å². The molecule has 2 heterocycles. The van der Waals surface area contributed by atoms with E-state index in [0.717, 1.165) is 0 Å². The summed E-state index contributed by atoms with van der Waals surface area (Å²) in [6.45, 7) is 7.50. The Balaban J connectivity index is 1.48. The zero-order valence-electron chi connectivity index (χ0n) is 33.2. The number of benzene rings is 2. The average Bonchev–Trinajstić information content (AvgIpc) is 3.59. The van der Waals surface area contributed by atoms with Crippen LogP contribution in [0.5, 0.6) is 5.75 Å². The summed E-state index contributed by atoms with van der Waals surface area (Å²) in [6.07, 6.45) is 1.45. The highest BCUT2D eigenvalue weighted by atomic mass is 16.5. The van der Waals surface area contributed by atoms with E-state index in [1.54, 1.807) is 62.6 Å². The van der Waals surface area contributed by atoms with Crippen LogP contribution >= 0.6 is 0 Å². The number of likely N-dealkylation sites (N-methyl/N-ethyl adjacent to an activating group) is 1. The van der Waals surface area contributed by atoms with E-state index in [4.69, 9.17) is 9.47 Å². The second-order valence-corrected chi connectivity index (χ2v) is 15.5. The van der Waals surface area contributed by atoms with Crippen molar-refractivity contribution in [1.82, 2.24) is 31.1 Å². The molecule has 0 saturated carbocycles. The molecule has 6 amide bonds. The number of hydrogen-bond acceptors (Lipinski definition) is 9. The minimum absolute atomic E-state index is 0.0134. The summed E-state index contributed by atoms with van der Waals surface area (Å²) in [4.78, 5) is 97.0. The van der Waals surface area contributed by atoms with Gasteiger partial charge in [0, 0.05) is 33.5 Å². The van der Waals surface area contributed by atoms with E-state index < -0.39 is 71.6 Å². The molecule has 5 atom stereocenters. The molecule has 0 unspecified atom stereocenters. The minimum Gasteiger partial charge on any atom is -0.493 e. The SMILES string of the molecule is CCCC[C@H](NC(=O)[C@@H]1C[C@@H]2CN1C(=O)[C@H](C(C)(C)C)NC(=O)Cc1cccc(c1)OCCCO2)C(=O)C(=O)NCC(=O)N[C@H](C(=O)N(C)C)c1ccccc1. The normalized spacial score (nSPS) is 20.1. The van der Waals surface area contributed by atoms with Crippen molar-refractivity contribution >= 4 is 41.2 Å². The number of ketones is 1. The predicted octanol–water partition coefficient (Wildman–Crippen LogP) is 1.83. The van der Waals surface area contributed by atoms with Gasteiger partial charge in [0.05, 0.1) is 38.3 Å². The minimum atomic E-state index is -1.25. The number of Topliss-reactive ketones (excluding diaryl/α,β-unsaturated/α-hetero) is 1. The van der Waals surface area contributed by atoms with Gasteiger partial charge in [0.2, 0.25) is 35.3 Å². The van der Waals surface area contributed by atoms with Crippen LogP contribution in [0.15, 0.2) is 54.6 Å². The van der Waals surface area contributed by atoms with Gasteiger partial charge in [0.25, 0.3) is 5.91 Å². The van der Waals surface area contributed by atoms with Crippen LogP contribution in [0.2, 0.25) is 0 Å². The smallest absolute Gasteiger partial charge is 0.290 e. The Bertz CT molecular complexity index is 1730. The van der Waals surface area contributed by atoms with Gasteiger partial charge < -0.3 is 40.5 Å². The molecule has 4 rings (SSSR count). The third-order valence-corrected chi connectivity index (χ3v) is 9.68. The van der Waals surface area contributed by atoms with Crippen LogP contribution in [0, 0.1) is 5.41 Å². The molecule has 0 spiro atoms. The first-order chi connectivity index (χ1) is 26.6. The maximum atomic E-state index is 14.3. The van der Waals surface area contributed by atoms with Gasteiger partial charge in [-0.3, -0.25) is 33.6 Å². The van der Waals surface area contributed by atoms with E-state index in [2.05, 4.69) is 21.3 Å². The van der Waals surface area contributed by atoms with Crippen LogP contribution in [0.4, 0.5) is 0 Å². The molecule has 1 fully saturated rings. The first kappa shape index (κ1) is 43.4. The van der Waals surface area contributed by atoms with Crippen LogP contribution in [-0.2, 0) is 44.7 Å². The quantitative estimate of drug-likeness (QED) is 0.233. The summed E-state index contributed by atoms with van der Waals surface area (Å²) in [5.41, 5.74) is 0.514. The molecule has 304 valence electrons. The monoisotopic (exact) mass is 776 g/mol. The van der Waals surface area contributed by atoms with Crippen molar-refractivity contribution in [3.8, 4) is 5.75 Å². The van der Waals surface area contributed by atoms with Gasteiger partial charge in [0.15, 0.2) is 0 Å². The summed E-state index contributed by atoms with van der Waals surface area (Å²) < 4.78 is 12.0. The fourth-order valence-corrected chi connectivity index (χ4v) is 6.62. The second kappa shape index (κ2) is 20.0. The molecule has 15 heteroatoms. The topological polar surface area (TPSA) is 193 Å². The second-order valence-electron chi connectivity index (χ2n) is 15.5. The van der Waals surface area contributed by atoms with E-state index in [1.807, 2.05) is 33.8 Å². The molecule has 2 aromatic carbocycles. The fourth-order valence-electron chi connectivity index (χ4n) is 6.62. The number of fused-ring (bicyclic) bond motifs is 4. The third-order valence-electron chi connectivity index (χ3n) is 9.68. The van der Waals surface area contributed by atoms with Crippen molar-refractivity contribution < 1.29 is 43.0 Å². The van der Waals surface area contributed by atoms with Crippen molar-refractivity contribution in [2.24, 2.45) is 5.41 Å². The molecule has 4 N–H and O–H groups in total. The maximum absolute atomic E-state index is 14.3. The van der Waals surface area contributed by atoms with Gasteiger partial charge in [0.1, 0.15) is 23.9 Å². The molecular weight excluding hydrogens is 720 g/mol. The Morgan fingerprint density at radius 3 is 2.39 bits per heavy atom. The lowest BCUT2D eigenvalue weighted by atomic mass is 9.85. The van der Waals surface area contributed by atoms with Crippen molar-refractivity contribution in [1.29, 1.82) is 0 Å². The van der Waals surface area contributed by atoms with Crippen LogP contribution in [-0.4, -0.2) is 116 Å². The average molecular weight is 777 g/mol. The highest BCUT2D eigenvalue weighted by Gasteiger charge is 2.46. The molecule has 0 aromatic heterocycles.